The van der Waals surface area contributed by atoms with Crippen molar-refractivity contribution in [1.82, 2.24) is 4.90 Å². The minimum Gasteiger partial charge on any atom is -0.494 e. The summed E-state index contributed by atoms with van der Waals surface area (Å²) in [4.78, 5) is 27.2. The van der Waals surface area contributed by atoms with Gasteiger partial charge in [0.25, 0.3) is 0 Å². The molecule has 1 unspecified atom stereocenters. The SMILES string of the molecule is COc1ccc(CN(C)C(=O)CC2Sc3ccccc3NC2=O)cc1F. The Labute approximate surface area is 155 Å². The van der Waals surface area contributed by atoms with Crippen LogP contribution in [0.2, 0.25) is 0 Å². The second-order valence-electron chi connectivity index (χ2n) is 6.01. The molecule has 1 heterocycles. The molecular formula is C19H19FN2O3S. The second kappa shape index (κ2) is 7.78. The van der Waals surface area contributed by atoms with Gasteiger partial charge in [0.1, 0.15) is 0 Å². The van der Waals surface area contributed by atoms with Gasteiger partial charge in [0, 0.05) is 24.9 Å². The molecule has 2 amide bonds. The van der Waals surface area contributed by atoms with E-state index < -0.39 is 11.1 Å². The molecule has 0 aliphatic carbocycles. The summed E-state index contributed by atoms with van der Waals surface area (Å²) < 4.78 is 18.7. The van der Waals surface area contributed by atoms with Crippen molar-refractivity contribution >= 4 is 29.3 Å². The van der Waals surface area contributed by atoms with Gasteiger partial charge in [0.05, 0.1) is 18.0 Å². The third-order valence-corrected chi connectivity index (χ3v) is 5.40. The Bertz CT molecular complexity index is 843. The Hall–Kier alpha value is -2.54. The van der Waals surface area contributed by atoms with E-state index in [-0.39, 0.29) is 30.5 Å². The average Bonchev–Trinajstić information content (AvgIpc) is 2.62. The minimum atomic E-state index is -0.479. The third-order valence-electron chi connectivity index (χ3n) is 4.13. The molecule has 0 aromatic heterocycles. The Morgan fingerprint density at radius 2 is 2.08 bits per heavy atom. The first-order chi connectivity index (χ1) is 12.5. The first-order valence-electron chi connectivity index (χ1n) is 8.11. The summed E-state index contributed by atoms with van der Waals surface area (Å²) in [5, 5.41) is 2.35. The van der Waals surface area contributed by atoms with Crippen LogP contribution in [0.15, 0.2) is 47.4 Å². The van der Waals surface area contributed by atoms with Crippen LogP contribution < -0.4 is 10.1 Å². The van der Waals surface area contributed by atoms with E-state index in [9.17, 15) is 14.0 Å². The number of hydrogen-bond donors (Lipinski definition) is 1. The van der Waals surface area contributed by atoms with Crippen LogP contribution in [0, 0.1) is 5.82 Å². The average molecular weight is 374 g/mol. The van der Waals surface area contributed by atoms with Gasteiger partial charge in [0.15, 0.2) is 11.6 Å². The van der Waals surface area contributed by atoms with Crippen LogP contribution in [0.25, 0.3) is 0 Å². The number of nitrogens with zero attached hydrogens (tertiary/aromatic N) is 1. The summed E-state index contributed by atoms with van der Waals surface area (Å²) >= 11 is 1.39. The summed E-state index contributed by atoms with van der Waals surface area (Å²) in [5.74, 6) is -0.652. The molecule has 3 rings (SSSR count). The van der Waals surface area contributed by atoms with Gasteiger partial charge in [-0.15, -0.1) is 11.8 Å². The number of thioether (sulfide) groups is 1. The predicted octanol–water partition coefficient (Wildman–Crippen LogP) is 3.30. The Morgan fingerprint density at radius 1 is 1.31 bits per heavy atom. The molecule has 0 radical (unpaired) electrons. The van der Waals surface area contributed by atoms with Crippen LogP contribution in [0.4, 0.5) is 10.1 Å². The molecule has 0 saturated heterocycles. The van der Waals surface area contributed by atoms with Crippen molar-refractivity contribution in [2.75, 3.05) is 19.5 Å². The number of hydrogen-bond acceptors (Lipinski definition) is 4. The molecule has 26 heavy (non-hydrogen) atoms. The Morgan fingerprint density at radius 3 is 2.81 bits per heavy atom. The molecule has 1 aliphatic heterocycles. The largest absolute Gasteiger partial charge is 0.494 e. The molecular weight excluding hydrogens is 355 g/mol. The number of para-hydroxylation sites is 1. The summed E-state index contributed by atoms with van der Waals surface area (Å²) in [6.07, 6.45) is 0.0833. The quantitative estimate of drug-likeness (QED) is 0.873. The Balaban J connectivity index is 1.62. The zero-order chi connectivity index (χ0) is 18.7. The van der Waals surface area contributed by atoms with Crippen molar-refractivity contribution in [2.45, 2.75) is 23.1 Å². The van der Waals surface area contributed by atoms with Crippen LogP contribution in [-0.4, -0.2) is 36.1 Å². The van der Waals surface area contributed by atoms with Crippen molar-refractivity contribution in [3.63, 3.8) is 0 Å². The first kappa shape index (κ1) is 18.3. The van der Waals surface area contributed by atoms with E-state index in [2.05, 4.69) is 5.32 Å². The van der Waals surface area contributed by atoms with Crippen LogP contribution in [0.3, 0.4) is 0 Å². The van der Waals surface area contributed by atoms with Gasteiger partial charge in [0.2, 0.25) is 11.8 Å². The van der Waals surface area contributed by atoms with Gasteiger partial charge in [-0.25, -0.2) is 4.39 Å². The van der Waals surface area contributed by atoms with Crippen LogP contribution in [-0.2, 0) is 16.1 Å². The number of halogens is 1. The van der Waals surface area contributed by atoms with Gasteiger partial charge in [-0.2, -0.15) is 0 Å². The van der Waals surface area contributed by atoms with E-state index in [1.807, 2.05) is 24.3 Å². The highest BCUT2D eigenvalue weighted by Crippen LogP contribution is 2.36. The lowest BCUT2D eigenvalue weighted by Crippen LogP contribution is -2.35. The number of nitrogens with one attached hydrogen (secondary N) is 1. The molecule has 0 fully saturated rings. The van der Waals surface area contributed by atoms with E-state index in [4.69, 9.17) is 4.74 Å². The summed E-state index contributed by atoms with van der Waals surface area (Å²) in [5.41, 5.74) is 1.43. The van der Waals surface area contributed by atoms with Crippen molar-refractivity contribution in [3.8, 4) is 5.75 Å². The molecule has 1 atom stereocenters. The van der Waals surface area contributed by atoms with Crippen molar-refractivity contribution in [1.29, 1.82) is 0 Å². The highest BCUT2D eigenvalue weighted by molar-refractivity contribution is 8.01. The molecule has 1 N–H and O–H groups in total. The molecule has 1 aliphatic rings. The van der Waals surface area contributed by atoms with Crippen LogP contribution in [0.5, 0.6) is 5.75 Å². The maximum absolute atomic E-state index is 13.8. The topological polar surface area (TPSA) is 58.6 Å². The number of benzene rings is 2. The van der Waals surface area contributed by atoms with E-state index in [1.54, 1.807) is 13.1 Å². The molecule has 0 bridgehead atoms. The van der Waals surface area contributed by atoms with Gasteiger partial charge >= 0.3 is 0 Å². The van der Waals surface area contributed by atoms with Gasteiger partial charge < -0.3 is 15.0 Å². The standard InChI is InChI=1S/C19H19FN2O3S/c1-22(11-12-7-8-15(25-2)13(20)9-12)18(23)10-17-19(24)21-14-5-3-4-6-16(14)26-17/h3-9,17H,10-11H2,1-2H3,(H,21,24). The minimum absolute atomic E-state index is 0.0833. The number of rotatable bonds is 5. The smallest absolute Gasteiger partial charge is 0.238 e. The first-order valence-corrected chi connectivity index (χ1v) is 8.99. The maximum Gasteiger partial charge on any atom is 0.238 e. The molecule has 0 saturated carbocycles. The molecule has 5 nitrogen and oxygen atoms in total. The number of carbonyl (C=O) groups is 2. The van der Waals surface area contributed by atoms with Crippen molar-refractivity contribution < 1.29 is 18.7 Å². The van der Waals surface area contributed by atoms with Gasteiger partial charge in [-0.1, -0.05) is 18.2 Å². The third kappa shape index (κ3) is 3.99. The summed E-state index contributed by atoms with van der Waals surface area (Å²) in [6, 6.07) is 12.1. The number of anilines is 1. The van der Waals surface area contributed by atoms with Crippen LogP contribution in [0.1, 0.15) is 12.0 Å². The lowest BCUT2D eigenvalue weighted by atomic mass is 10.2. The highest BCUT2D eigenvalue weighted by atomic mass is 32.2. The molecule has 7 heteroatoms. The van der Waals surface area contributed by atoms with Gasteiger partial charge in [-0.3, -0.25) is 9.59 Å². The van der Waals surface area contributed by atoms with Crippen LogP contribution >= 0.6 is 11.8 Å². The monoisotopic (exact) mass is 374 g/mol. The number of methoxy groups -OCH3 is 1. The zero-order valence-electron chi connectivity index (χ0n) is 14.5. The van der Waals surface area contributed by atoms with Gasteiger partial charge in [-0.05, 0) is 29.8 Å². The maximum atomic E-state index is 13.8. The lowest BCUT2D eigenvalue weighted by Gasteiger charge is -2.25. The lowest BCUT2D eigenvalue weighted by molar-refractivity contribution is -0.131. The molecule has 0 spiro atoms. The van der Waals surface area contributed by atoms with E-state index in [0.717, 1.165) is 10.6 Å². The fraction of sp³-hybridized carbons (Fsp3) is 0.263. The number of ether oxygens (including phenoxy) is 1. The predicted molar refractivity (Wildman–Crippen MR) is 98.8 cm³/mol. The summed E-state index contributed by atoms with van der Waals surface area (Å²) in [7, 11) is 3.04. The second-order valence-corrected chi connectivity index (χ2v) is 7.26. The molecule has 2 aromatic rings. The molecule has 2 aromatic carbocycles. The molecule has 136 valence electrons. The summed E-state index contributed by atoms with van der Waals surface area (Å²) in [6.45, 7) is 0.259. The number of amides is 2. The highest BCUT2D eigenvalue weighted by Gasteiger charge is 2.29. The fourth-order valence-corrected chi connectivity index (χ4v) is 3.81. The van der Waals surface area contributed by atoms with E-state index in [0.29, 0.717) is 5.56 Å². The number of fused-ring (bicyclic) bond motifs is 1. The Kier molecular flexibility index (Phi) is 5.46. The normalized spacial score (nSPS) is 15.8. The fourth-order valence-electron chi connectivity index (χ4n) is 2.71. The zero-order valence-corrected chi connectivity index (χ0v) is 15.3. The van der Waals surface area contributed by atoms with E-state index in [1.165, 1.54) is 35.9 Å². The van der Waals surface area contributed by atoms with E-state index >= 15 is 0 Å². The number of carbonyl (C=O) groups excluding carboxylic acids is 2. The van der Waals surface area contributed by atoms with Crippen molar-refractivity contribution in [2.24, 2.45) is 0 Å². The van der Waals surface area contributed by atoms with Crippen molar-refractivity contribution in [3.05, 3.63) is 53.8 Å².